The van der Waals surface area contributed by atoms with Gasteiger partial charge in [0.1, 0.15) is 17.4 Å². The van der Waals surface area contributed by atoms with E-state index in [2.05, 4.69) is 0 Å². The Labute approximate surface area is 121 Å². The molecule has 108 valence electrons. The van der Waals surface area contributed by atoms with Gasteiger partial charge in [-0.25, -0.2) is 4.79 Å². The summed E-state index contributed by atoms with van der Waals surface area (Å²) in [6.45, 7) is 2.28. The van der Waals surface area contributed by atoms with Crippen LogP contribution in [0.2, 0.25) is 0 Å². The molecule has 6 nitrogen and oxygen atoms in total. The third-order valence-electron chi connectivity index (χ3n) is 3.17. The van der Waals surface area contributed by atoms with Gasteiger partial charge in [0.15, 0.2) is 0 Å². The first-order valence-electron chi connectivity index (χ1n) is 6.48. The van der Waals surface area contributed by atoms with Crippen LogP contribution in [-0.2, 0) is 13.1 Å². The Kier molecular flexibility index (Phi) is 4.24. The maximum atomic E-state index is 12.2. The van der Waals surface area contributed by atoms with Gasteiger partial charge < -0.3 is 4.74 Å². The molecule has 0 amide bonds. The van der Waals surface area contributed by atoms with Gasteiger partial charge in [-0.1, -0.05) is 12.1 Å². The first-order chi connectivity index (χ1) is 10.1. The van der Waals surface area contributed by atoms with Crippen molar-refractivity contribution in [2.45, 2.75) is 20.0 Å². The lowest BCUT2D eigenvalue weighted by atomic mass is 10.2. The van der Waals surface area contributed by atoms with Crippen LogP contribution >= 0.6 is 0 Å². The summed E-state index contributed by atoms with van der Waals surface area (Å²) < 4.78 is 7.53. The first kappa shape index (κ1) is 14.6. The quantitative estimate of drug-likeness (QED) is 0.838. The number of rotatable bonds is 4. The van der Waals surface area contributed by atoms with Crippen molar-refractivity contribution in [1.82, 2.24) is 9.13 Å². The van der Waals surface area contributed by atoms with E-state index in [1.807, 2.05) is 6.07 Å². The SMILES string of the molecule is CCn1cc(C#N)c(=O)n(Cc2cccc(OC)c2)c1=O. The molecule has 0 aliphatic heterocycles. The number of hydrogen-bond donors (Lipinski definition) is 0. The van der Waals surface area contributed by atoms with Gasteiger partial charge in [0.25, 0.3) is 5.56 Å². The van der Waals surface area contributed by atoms with E-state index in [1.165, 1.54) is 10.8 Å². The third-order valence-corrected chi connectivity index (χ3v) is 3.17. The van der Waals surface area contributed by atoms with Gasteiger partial charge in [0.05, 0.1) is 13.7 Å². The zero-order valence-corrected chi connectivity index (χ0v) is 11.9. The van der Waals surface area contributed by atoms with Crippen LogP contribution < -0.4 is 16.0 Å². The Bertz CT molecular complexity index is 812. The van der Waals surface area contributed by atoms with Gasteiger partial charge in [-0.05, 0) is 24.6 Å². The summed E-state index contributed by atoms with van der Waals surface area (Å²) in [6.07, 6.45) is 1.30. The number of nitrogens with zero attached hydrogens (tertiary/aromatic N) is 3. The standard InChI is InChI=1S/C15H15N3O3/c1-3-17-10-12(8-16)14(19)18(15(17)20)9-11-5-4-6-13(7-11)21-2/h4-7,10H,3,9H2,1-2H3. The van der Waals surface area contributed by atoms with E-state index in [0.29, 0.717) is 12.3 Å². The van der Waals surface area contributed by atoms with Crippen LogP contribution in [0.15, 0.2) is 40.1 Å². The van der Waals surface area contributed by atoms with Crippen LogP contribution in [0.5, 0.6) is 5.75 Å². The van der Waals surface area contributed by atoms with Gasteiger partial charge in [-0.2, -0.15) is 5.26 Å². The first-order valence-corrected chi connectivity index (χ1v) is 6.48. The highest BCUT2D eigenvalue weighted by molar-refractivity contribution is 5.29. The highest BCUT2D eigenvalue weighted by Gasteiger charge is 2.11. The average Bonchev–Trinajstić information content (AvgIpc) is 2.52. The molecule has 0 bridgehead atoms. The van der Waals surface area contributed by atoms with E-state index in [0.717, 1.165) is 10.1 Å². The Morgan fingerprint density at radius 3 is 2.71 bits per heavy atom. The molecule has 0 spiro atoms. The van der Waals surface area contributed by atoms with Gasteiger partial charge in [-0.3, -0.25) is 13.9 Å². The fourth-order valence-corrected chi connectivity index (χ4v) is 2.05. The molecule has 2 aromatic rings. The molecular weight excluding hydrogens is 270 g/mol. The molecule has 1 aromatic heterocycles. The van der Waals surface area contributed by atoms with Crippen molar-refractivity contribution in [3.05, 3.63) is 62.4 Å². The molecule has 0 N–H and O–H groups in total. The van der Waals surface area contributed by atoms with E-state index in [9.17, 15) is 9.59 Å². The van der Waals surface area contributed by atoms with Crippen LogP contribution in [0.25, 0.3) is 0 Å². The van der Waals surface area contributed by atoms with Crippen molar-refractivity contribution >= 4 is 0 Å². The zero-order valence-electron chi connectivity index (χ0n) is 11.9. The molecule has 2 rings (SSSR count). The highest BCUT2D eigenvalue weighted by atomic mass is 16.5. The molecule has 0 aliphatic carbocycles. The summed E-state index contributed by atoms with van der Waals surface area (Å²) in [4.78, 5) is 24.4. The molecule has 0 radical (unpaired) electrons. The minimum Gasteiger partial charge on any atom is -0.497 e. The second-order valence-electron chi connectivity index (χ2n) is 4.47. The van der Waals surface area contributed by atoms with Crippen molar-refractivity contribution < 1.29 is 4.74 Å². The van der Waals surface area contributed by atoms with Crippen LogP contribution in [-0.4, -0.2) is 16.2 Å². The number of hydrogen-bond acceptors (Lipinski definition) is 4. The summed E-state index contributed by atoms with van der Waals surface area (Å²) in [5.41, 5.74) is -0.287. The minimum absolute atomic E-state index is 0.0423. The molecule has 0 atom stereocenters. The van der Waals surface area contributed by atoms with Gasteiger partial charge in [-0.15, -0.1) is 0 Å². The average molecular weight is 285 g/mol. The second-order valence-corrected chi connectivity index (χ2v) is 4.47. The number of nitriles is 1. The predicted molar refractivity (Wildman–Crippen MR) is 77.4 cm³/mol. The highest BCUT2D eigenvalue weighted by Crippen LogP contribution is 2.12. The number of ether oxygens (including phenoxy) is 1. The number of benzene rings is 1. The Balaban J connectivity index is 2.56. The molecule has 0 unspecified atom stereocenters. The van der Waals surface area contributed by atoms with Crippen molar-refractivity contribution in [3.63, 3.8) is 0 Å². The molecule has 1 heterocycles. The molecule has 0 saturated carbocycles. The fraction of sp³-hybridized carbons (Fsp3) is 0.267. The molecular formula is C15H15N3O3. The Morgan fingerprint density at radius 1 is 1.33 bits per heavy atom. The van der Waals surface area contributed by atoms with Gasteiger partial charge in [0, 0.05) is 12.7 Å². The van der Waals surface area contributed by atoms with Crippen LogP contribution in [0, 0.1) is 11.3 Å². The van der Waals surface area contributed by atoms with Crippen molar-refractivity contribution in [2.24, 2.45) is 0 Å². The Hall–Kier alpha value is -2.81. The number of methoxy groups -OCH3 is 1. The summed E-state index contributed by atoms with van der Waals surface area (Å²) >= 11 is 0. The second kappa shape index (κ2) is 6.09. The summed E-state index contributed by atoms with van der Waals surface area (Å²) in [6, 6.07) is 8.94. The van der Waals surface area contributed by atoms with Crippen LogP contribution in [0.4, 0.5) is 0 Å². The molecule has 0 fully saturated rings. The molecule has 6 heteroatoms. The summed E-state index contributed by atoms with van der Waals surface area (Å²) in [5, 5.41) is 9.00. The normalized spacial score (nSPS) is 10.1. The lowest BCUT2D eigenvalue weighted by Crippen LogP contribution is -2.40. The predicted octanol–water partition coefficient (Wildman–Crippen LogP) is 0.958. The topological polar surface area (TPSA) is 77.0 Å². The number of aryl methyl sites for hydroxylation is 1. The van der Waals surface area contributed by atoms with Crippen molar-refractivity contribution in [2.75, 3.05) is 7.11 Å². The van der Waals surface area contributed by atoms with Crippen molar-refractivity contribution in [1.29, 1.82) is 5.26 Å². The molecule has 21 heavy (non-hydrogen) atoms. The third kappa shape index (κ3) is 2.87. The number of aromatic nitrogens is 2. The Morgan fingerprint density at radius 2 is 2.10 bits per heavy atom. The van der Waals surface area contributed by atoms with Gasteiger partial charge in [0.2, 0.25) is 0 Å². The maximum Gasteiger partial charge on any atom is 0.331 e. The zero-order chi connectivity index (χ0) is 15.4. The van der Waals surface area contributed by atoms with E-state index < -0.39 is 11.2 Å². The maximum absolute atomic E-state index is 12.2. The minimum atomic E-state index is -0.574. The van der Waals surface area contributed by atoms with E-state index in [-0.39, 0.29) is 12.1 Å². The largest absolute Gasteiger partial charge is 0.497 e. The van der Waals surface area contributed by atoms with E-state index >= 15 is 0 Å². The summed E-state index contributed by atoms with van der Waals surface area (Å²) in [5.74, 6) is 0.646. The van der Waals surface area contributed by atoms with Crippen molar-refractivity contribution in [3.8, 4) is 11.8 Å². The van der Waals surface area contributed by atoms with Crippen LogP contribution in [0.3, 0.4) is 0 Å². The molecule has 0 aliphatic rings. The van der Waals surface area contributed by atoms with Gasteiger partial charge >= 0.3 is 5.69 Å². The lowest BCUT2D eigenvalue weighted by Gasteiger charge is -2.10. The molecule has 0 saturated heterocycles. The van der Waals surface area contributed by atoms with Crippen LogP contribution in [0.1, 0.15) is 18.1 Å². The summed E-state index contributed by atoms with van der Waals surface area (Å²) in [7, 11) is 1.55. The smallest absolute Gasteiger partial charge is 0.331 e. The lowest BCUT2D eigenvalue weighted by molar-refractivity contribution is 0.414. The fourth-order valence-electron chi connectivity index (χ4n) is 2.05. The molecule has 1 aromatic carbocycles. The van der Waals surface area contributed by atoms with E-state index in [4.69, 9.17) is 10.00 Å². The van der Waals surface area contributed by atoms with E-state index in [1.54, 1.807) is 38.3 Å². The monoisotopic (exact) mass is 285 g/mol.